The summed E-state index contributed by atoms with van der Waals surface area (Å²) in [6, 6.07) is 17.5. The molecule has 0 bridgehead atoms. The maximum atomic E-state index is 12.6. The molecule has 3 rings (SSSR count). The van der Waals surface area contributed by atoms with Gasteiger partial charge >= 0.3 is 0 Å². The molecule has 190 valence electrons. The number of carbonyl (C=O) groups is 2. The van der Waals surface area contributed by atoms with Crippen LogP contribution in [0.25, 0.3) is 10.1 Å². The third kappa shape index (κ3) is 7.37. The van der Waals surface area contributed by atoms with Crippen LogP contribution in [0.3, 0.4) is 0 Å². The second-order valence-corrected chi connectivity index (χ2v) is 11.8. The molecule has 0 fully saturated rings. The van der Waals surface area contributed by atoms with E-state index < -0.39 is 10.0 Å². The highest BCUT2D eigenvalue weighted by atomic mass is 32.2. The van der Waals surface area contributed by atoms with Crippen molar-refractivity contribution in [2.75, 3.05) is 26.7 Å². The Hall–Kier alpha value is -3.26. The molecule has 0 saturated carbocycles. The van der Waals surface area contributed by atoms with Gasteiger partial charge in [0, 0.05) is 37.8 Å². The maximum Gasteiger partial charge on any atom is 0.261 e. The van der Waals surface area contributed by atoms with Crippen molar-refractivity contribution < 1.29 is 18.0 Å². The minimum absolute atomic E-state index is 0.0899. The van der Waals surface area contributed by atoms with E-state index in [0.717, 1.165) is 10.1 Å². The van der Waals surface area contributed by atoms with E-state index in [1.807, 2.05) is 43.3 Å². The first-order valence-corrected chi connectivity index (χ1v) is 14.0. The van der Waals surface area contributed by atoms with E-state index >= 15 is 0 Å². The number of nitrogens with zero attached hydrogens (tertiary/aromatic N) is 2. The highest BCUT2D eigenvalue weighted by Gasteiger charge is 2.20. The van der Waals surface area contributed by atoms with Gasteiger partial charge in [-0.2, -0.15) is 5.26 Å². The van der Waals surface area contributed by atoms with Crippen LogP contribution >= 0.6 is 11.3 Å². The van der Waals surface area contributed by atoms with Crippen LogP contribution in [0.2, 0.25) is 0 Å². The summed E-state index contributed by atoms with van der Waals surface area (Å²) in [5, 5.41) is 15.7. The van der Waals surface area contributed by atoms with E-state index in [0.29, 0.717) is 42.8 Å². The van der Waals surface area contributed by atoms with Crippen molar-refractivity contribution in [2.45, 2.75) is 31.1 Å². The molecule has 0 saturated heterocycles. The lowest BCUT2D eigenvalue weighted by molar-refractivity contribution is -0.121. The maximum absolute atomic E-state index is 12.6. The molecule has 2 amide bonds. The van der Waals surface area contributed by atoms with Crippen LogP contribution in [0.4, 0.5) is 0 Å². The molecule has 0 aliphatic carbocycles. The van der Waals surface area contributed by atoms with Crippen LogP contribution in [-0.4, -0.2) is 51.2 Å². The SMILES string of the molecule is CC(CCNC(=O)c1cc2ccccc2s1)CC(=O)NCCCN(C)S(=O)(=O)c1ccc(C#N)cc1. The number of sulfonamides is 1. The lowest BCUT2D eigenvalue weighted by Gasteiger charge is -2.17. The van der Waals surface area contributed by atoms with Crippen molar-refractivity contribution in [3.8, 4) is 6.07 Å². The van der Waals surface area contributed by atoms with E-state index in [1.165, 1.54) is 47.0 Å². The van der Waals surface area contributed by atoms with Gasteiger partial charge in [0.2, 0.25) is 15.9 Å². The minimum Gasteiger partial charge on any atom is -0.356 e. The summed E-state index contributed by atoms with van der Waals surface area (Å²) < 4.78 is 27.5. The molecule has 10 heteroatoms. The highest BCUT2D eigenvalue weighted by Crippen LogP contribution is 2.25. The number of amides is 2. The smallest absolute Gasteiger partial charge is 0.261 e. The Labute approximate surface area is 216 Å². The molecule has 36 heavy (non-hydrogen) atoms. The van der Waals surface area contributed by atoms with Crippen molar-refractivity contribution in [2.24, 2.45) is 5.92 Å². The zero-order valence-corrected chi connectivity index (χ0v) is 22.0. The fourth-order valence-electron chi connectivity index (χ4n) is 3.63. The molecule has 0 aliphatic heterocycles. The first-order valence-electron chi connectivity index (χ1n) is 11.7. The van der Waals surface area contributed by atoms with Crippen LogP contribution in [0.5, 0.6) is 0 Å². The van der Waals surface area contributed by atoms with Gasteiger partial charge in [0.05, 0.1) is 21.4 Å². The van der Waals surface area contributed by atoms with Gasteiger partial charge in [-0.25, -0.2) is 12.7 Å². The predicted molar refractivity (Wildman–Crippen MR) is 141 cm³/mol. The van der Waals surface area contributed by atoms with Crippen LogP contribution in [0.1, 0.15) is 41.4 Å². The second-order valence-electron chi connectivity index (χ2n) is 8.67. The first-order chi connectivity index (χ1) is 17.2. The Bertz CT molecular complexity index is 1310. The van der Waals surface area contributed by atoms with Gasteiger partial charge in [0.15, 0.2) is 0 Å². The predicted octanol–water partition coefficient (Wildman–Crippen LogP) is 3.75. The quantitative estimate of drug-likeness (QED) is 0.349. The summed E-state index contributed by atoms with van der Waals surface area (Å²) in [5.41, 5.74) is 0.395. The Morgan fingerprint density at radius 2 is 1.81 bits per heavy atom. The van der Waals surface area contributed by atoms with Gasteiger partial charge in [-0.05, 0) is 60.5 Å². The van der Waals surface area contributed by atoms with Crippen LogP contribution in [-0.2, 0) is 14.8 Å². The number of rotatable bonds is 12. The molecular formula is C26H30N4O4S2. The van der Waals surface area contributed by atoms with Crippen molar-refractivity contribution in [1.29, 1.82) is 5.26 Å². The van der Waals surface area contributed by atoms with Crippen molar-refractivity contribution in [3.63, 3.8) is 0 Å². The summed E-state index contributed by atoms with van der Waals surface area (Å²) in [5.74, 6) is -0.115. The summed E-state index contributed by atoms with van der Waals surface area (Å²) in [6.45, 7) is 3.06. The van der Waals surface area contributed by atoms with Gasteiger partial charge in [0.1, 0.15) is 0 Å². The lowest BCUT2D eigenvalue weighted by Crippen LogP contribution is -2.32. The fraction of sp³-hybridized carbons (Fsp3) is 0.346. The molecule has 1 atom stereocenters. The third-order valence-corrected chi connectivity index (χ3v) is 8.76. The number of thiophene rings is 1. The van der Waals surface area contributed by atoms with Crippen LogP contribution in [0, 0.1) is 17.2 Å². The van der Waals surface area contributed by atoms with Gasteiger partial charge in [0.25, 0.3) is 5.91 Å². The first kappa shape index (κ1) is 27.3. The zero-order valence-electron chi connectivity index (χ0n) is 20.4. The summed E-state index contributed by atoms with van der Waals surface area (Å²) in [4.78, 5) is 25.4. The van der Waals surface area contributed by atoms with E-state index in [2.05, 4.69) is 10.6 Å². The van der Waals surface area contributed by atoms with E-state index in [4.69, 9.17) is 5.26 Å². The van der Waals surface area contributed by atoms with Gasteiger partial charge < -0.3 is 10.6 Å². The summed E-state index contributed by atoms with van der Waals surface area (Å²) in [7, 11) is -2.16. The molecule has 1 aromatic heterocycles. The number of hydrogen-bond donors (Lipinski definition) is 2. The Balaban J connectivity index is 1.32. The molecule has 8 nitrogen and oxygen atoms in total. The highest BCUT2D eigenvalue weighted by molar-refractivity contribution is 7.89. The molecule has 1 heterocycles. The molecule has 0 radical (unpaired) electrons. The summed E-state index contributed by atoms with van der Waals surface area (Å²) in [6.07, 6.45) is 1.48. The van der Waals surface area contributed by atoms with Crippen molar-refractivity contribution in [3.05, 3.63) is 65.0 Å². The van der Waals surface area contributed by atoms with E-state index in [9.17, 15) is 18.0 Å². The van der Waals surface area contributed by atoms with E-state index in [1.54, 1.807) is 0 Å². The number of fused-ring (bicyclic) bond motifs is 1. The summed E-state index contributed by atoms with van der Waals surface area (Å²) >= 11 is 1.46. The van der Waals surface area contributed by atoms with Crippen LogP contribution in [0.15, 0.2) is 59.5 Å². The number of benzene rings is 2. The largest absolute Gasteiger partial charge is 0.356 e. The van der Waals surface area contributed by atoms with E-state index in [-0.39, 0.29) is 29.2 Å². The zero-order chi connectivity index (χ0) is 26.1. The van der Waals surface area contributed by atoms with Gasteiger partial charge in [-0.1, -0.05) is 25.1 Å². The topological polar surface area (TPSA) is 119 Å². The molecule has 1 unspecified atom stereocenters. The average Bonchev–Trinajstić information content (AvgIpc) is 3.31. The second kappa shape index (κ2) is 12.6. The number of hydrogen-bond acceptors (Lipinski definition) is 6. The number of carbonyl (C=O) groups excluding carboxylic acids is 2. The minimum atomic E-state index is -3.65. The Morgan fingerprint density at radius 3 is 2.50 bits per heavy atom. The number of nitriles is 1. The normalized spacial score (nSPS) is 12.3. The third-order valence-electron chi connectivity index (χ3n) is 5.77. The molecule has 0 spiro atoms. The standard InChI is InChI=1S/C26H30N4O4S2/c1-19(12-14-29-26(32)24-17-21-6-3-4-7-23(21)35-24)16-25(31)28-13-5-15-30(2)36(33,34)22-10-8-20(18-27)9-11-22/h3-4,6-11,17,19H,5,12-16H2,1-2H3,(H,28,31)(H,29,32). The lowest BCUT2D eigenvalue weighted by atomic mass is 10.0. The molecular weight excluding hydrogens is 496 g/mol. The Kier molecular flexibility index (Phi) is 9.58. The van der Waals surface area contributed by atoms with Crippen LogP contribution < -0.4 is 10.6 Å². The fourth-order valence-corrected chi connectivity index (χ4v) is 5.82. The number of nitrogens with one attached hydrogen (secondary N) is 2. The molecule has 2 N–H and O–H groups in total. The van der Waals surface area contributed by atoms with Gasteiger partial charge in [-0.3, -0.25) is 9.59 Å². The molecule has 0 aliphatic rings. The molecule has 3 aromatic rings. The van der Waals surface area contributed by atoms with Crippen molar-refractivity contribution in [1.82, 2.24) is 14.9 Å². The van der Waals surface area contributed by atoms with Gasteiger partial charge in [-0.15, -0.1) is 11.3 Å². The molecule has 2 aromatic carbocycles. The monoisotopic (exact) mass is 526 g/mol. The average molecular weight is 527 g/mol. The Morgan fingerprint density at radius 1 is 1.08 bits per heavy atom. The van der Waals surface area contributed by atoms with Crippen molar-refractivity contribution >= 4 is 43.3 Å².